The number of fused-ring (bicyclic) bond motifs is 2. The van der Waals surface area contributed by atoms with E-state index >= 15 is 0 Å². The van der Waals surface area contributed by atoms with Crippen molar-refractivity contribution in [3.63, 3.8) is 0 Å². The number of benzene rings is 4. The first-order chi connectivity index (χ1) is 25.1. The Morgan fingerprint density at radius 3 is 1.60 bits per heavy atom. The number of hydrogen-bond acceptors (Lipinski definition) is 7. The van der Waals surface area contributed by atoms with Crippen molar-refractivity contribution in [1.82, 2.24) is 0 Å². The lowest BCUT2D eigenvalue weighted by Crippen LogP contribution is -2.24. The van der Waals surface area contributed by atoms with Gasteiger partial charge in [-0.1, -0.05) is 40.2 Å². The Balaban J connectivity index is 0.000000203. The number of alkyl halides is 1. The van der Waals surface area contributed by atoms with E-state index in [2.05, 4.69) is 20.7 Å². The molecule has 0 fully saturated rings. The second-order valence-electron chi connectivity index (χ2n) is 14.1. The number of ether oxygens (including phenoxy) is 4. The first-order valence-electron chi connectivity index (χ1n) is 17.5. The lowest BCUT2D eigenvalue weighted by atomic mass is 9.98. The number of aromatic hydroxyl groups is 1. The van der Waals surface area contributed by atoms with Crippen molar-refractivity contribution in [2.45, 2.75) is 84.3 Å². The van der Waals surface area contributed by atoms with Gasteiger partial charge in [0.15, 0.2) is 6.61 Å². The summed E-state index contributed by atoms with van der Waals surface area (Å²) in [6, 6.07) is 20.6. The molecule has 53 heavy (non-hydrogen) atoms. The van der Waals surface area contributed by atoms with E-state index in [1.54, 1.807) is 55.5 Å². The van der Waals surface area contributed by atoms with Crippen molar-refractivity contribution >= 4 is 27.9 Å². The lowest BCUT2D eigenvalue weighted by Gasteiger charge is -2.18. The largest absolute Gasteiger partial charge is 0.508 e. The summed E-state index contributed by atoms with van der Waals surface area (Å²) in [4.78, 5) is 20.6. The number of carbonyl (C=O) groups is 2. The van der Waals surface area contributed by atoms with Crippen LogP contribution in [-0.2, 0) is 52.9 Å². The molecule has 4 aromatic carbocycles. The van der Waals surface area contributed by atoms with Gasteiger partial charge in [-0.3, -0.25) is 4.79 Å². The molecule has 0 aromatic heterocycles. The predicted molar refractivity (Wildman–Crippen MR) is 203 cm³/mol. The van der Waals surface area contributed by atoms with Crippen LogP contribution in [0, 0.1) is 11.6 Å². The normalized spacial score (nSPS) is 14.2. The molecule has 2 heterocycles. The van der Waals surface area contributed by atoms with Crippen molar-refractivity contribution in [2.24, 2.45) is 0 Å². The van der Waals surface area contributed by atoms with Crippen molar-refractivity contribution in [2.75, 3.05) is 18.5 Å². The fourth-order valence-corrected chi connectivity index (χ4v) is 6.34. The number of carbonyl (C=O) groups excluding carboxylic acids is 1. The molecular formula is C42H47BrF2O8. The van der Waals surface area contributed by atoms with Gasteiger partial charge in [0.05, 0.1) is 6.61 Å². The number of halogens is 3. The minimum Gasteiger partial charge on any atom is -0.508 e. The summed E-state index contributed by atoms with van der Waals surface area (Å²) in [5, 5.41) is 18.2. The van der Waals surface area contributed by atoms with E-state index in [4.69, 9.17) is 19.3 Å². The number of phenolic OH excluding ortho intramolecular Hbond substituents is 1. The first kappa shape index (κ1) is 41.1. The summed E-state index contributed by atoms with van der Waals surface area (Å²) in [5.41, 5.74) is 5.31. The molecule has 0 bridgehead atoms. The molecule has 11 heteroatoms. The van der Waals surface area contributed by atoms with Crippen molar-refractivity contribution < 1.29 is 47.5 Å². The molecule has 0 saturated heterocycles. The highest BCUT2D eigenvalue weighted by molar-refractivity contribution is 9.09. The van der Waals surface area contributed by atoms with E-state index in [9.17, 15) is 23.5 Å². The van der Waals surface area contributed by atoms with Crippen molar-refractivity contribution in [3.05, 3.63) is 118 Å². The van der Waals surface area contributed by atoms with Gasteiger partial charge in [0, 0.05) is 24.0 Å². The molecule has 2 N–H and O–H groups in total. The third-order valence-corrected chi connectivity index (χ3v) is 8.86. The SMILES string of the molecule is CC1(C)Cc2cc(F)cc(CCc3ccc(O)cc3)c2O1.CC1(C)Cc2cc(F)cc(CCc3ccc(OCC(=O)O)cc3)c2O1.CCOC(=O)CBr. The van der Waals surface area contributed by atoms with Crippen LogP contribution in [0.25, 0.3) is 0 Å². The van der Waals surface area contributed by atoms with Gasteiger partial charge in [0.1, 0.15) is 51.2 Å². The Morgan fingerprint density at radius 2 is 1.21 bits per heavy atom. The van der Waals surface area contributed by atoms with E-state index in [0.717, 1.165) is 70.6 Å². The average molecular weight is 798 g/mol. The Kier molecular flexibility index (Phi) is 14.3. The molecule has 0 radical (unpaired) electrons. The fourth-order valence-electron chi connectivity index (χ4n) is 6.18. The monoisotopic (exact) mass is 796 g/mol. The van der Waals surface area contributed by atoms with Gasteiger partial charge >= 0.3 is 11.9 Å². The van der Waals surface area contributed by atoms with Crippen LogP contribution in [0.1, 0.15) is 68.0 Å². The Labute approximate surface area is 318 Å². The third kappa shape index (κ3) is 12.8. The summed E-state index contributed by atoms with van der Waals surface area (Å²) in [6.07, 6.45) is 4.38. The van der Waals surface area contributed by atoms with Gasteiger partial charge in [-0.15, -0.1) is 0 Å². The smallest absolute Gasteiger partial charge is 0.341 e. The molecule has 0 unspecified atom stereocenters. The molecule has 0 saturated carbocycles. The standard InChI is InChI=1S/C20H21FO4.C18H19FO2.C4H7BrO2/c1-20(2)11-15-10-16(21)9-14(19(15)25-20)6-3-13-4-7-17(8-5-13)24-12-18(22)23;1-18(2)11-14-10-15(19)9-13(17(14)21-18)6-3-12-4-7-16(20)8-5-12;1-2-7-4(6)3-5/h4-5,7-10H,3,6,11-12H2,1-2H3,(H,22,23);4-5,7-10,20H,3,6,11H2,1-2H3;2-3H2,1H3. The van der Waals surface area contributed by atoms with Gasteiger partial charge < -0.3 is 29.2 Å². The first-order valence-corrected chi connectivity index (χ1v) is 18.6. The predicted octanol–water partition coefficient (Wildman–Crippen LogP) is 8.76. The van der Waals surface area contributed by atoms with Gasteiger partial charge in [0.25, 0.3) is 0 Å². The highest BCUT2D eigenvalue weighted by atomic mass is 79.9. The average Bonchev–Trinajstić information content (AvgIpc) is 3.59. The van der Waals surface area contributed by atoms with Gasteiger partial charge in [-0.2, -0.15) is 0 Å². The number of rotatable bonds is 11. The lowest BCUT2D eigenvalue weighted by molar-refractivity contribution is -0.140. The highest BCUT2D eigenvalue weighted by Crippen LogP contribution is 2.40. The summed E-state index contributed by atoms with van der Waals surface area (Å²) < 4.78 is 49.2. The van der Waals surface area contributed by atoms with E-state index in [-0.39, 0.29) is 41.2 Å². The molecule has 0 atom stereocenters. The number of aryl methyl sites for hydroxylation is 4. The van der Waals surface area contributed by atoms with E-state index in [1.165, 1.54) is 0 Å². The van der Waals surface area contributed by atoms with E-state index in [0.29, 0.717) is 30.5 Å². The molecule has 0 aliphatic carbocycles. The second kappa shape index (κ2) is 18.4. The van der Waals surface area contributed by atoms with Crippen molar-refractivity contribution in [1.29, 1.82) is 0 Å². The highest BCUT2D eigenvalue weighted by Gasteiger charge is 2.33. The number of esters is 1. The molecule has 6 rings (SSSR count). The molecule has 4 aromatic rings. The quantitative estimate of drug-likeness (QED) is 0.115. The Morgan fingerprint density at radius 1 is 0.755 bits per heavy atom. The Hall–Kier alpha value is -4.64. The van der Waals surface area contributed by atoms with Crippen LogP contribution in [0.15, 0.2) is 72.8 Å². The summed E-state index contributed by atoms with van der Waals surface area (Å²) >= 11 is 2.94. The van der Waals surface area contributed by atoms with Crippen LogP contribution in [0.4, 0.5) is 8.78 Å². The third-order valence-electron chi connectivity index (χ3n) is 8.41. The second-order valence-corrected chi connectivity index (χ2v) is 14.7. The molecule has 0 amide bonds. The summed E-state index contributed by atoms with van der Waals surface area (Å²) in [7, 11) is 0. The number of aliphatic carboxylic acids is 1. The van der Waals surface area contributed by atoms with Gasteiger partial charge in [0.2, 0.25) is 0 Å². The number of carboxylic acids is 1. The molecule has 284 valence electrons. The maximum atomic E-state index is 13.9. The van der Waals surface area contributed by atoms with Gasteiger partial charge in [-0.25, -0.2) is 13.6 Å². The molecular weight excluding hydrogens is 750 g/mol. The minimum absolute atomic E-state index is 0.198. The van der Waals surface area contributed by atoms with Crippen LogP contribution in [-0.4, -0.2) is 51.9 Å². The van der Waals surface area contributed by atoms with Crippen LogP contribution in [0.2, 0.25) is 0 Å². The van der Waals surface area contributed by atoms with E-state index in [1.807, 2.05) is 52.0 Å². The van der Waals surface area contributed by atoms with Gasteiger partial charge in [-0.05, 0) is 131 Å². The minimum atomic E-state index is -1.01. The molecule has 2 aliphatic heterocycles. The molecule has 8 nitrogen and oxygen atoms in total. The number of hydrogen-bond donors (Lipinski definition) is 2. The van der Waals surface area contributed by atoms with Crippen LogP contribution >= 0.6 is 15.9 Å². The maximum absolute atomic E-state index is 13.9. The van der Waals surface area contributed by atoms with Crippen molar-refractivity contribution in [3.8, 4) is 23.0 Å². The number of phenols is 1. The van der Waals surface area contributed by atoms with E-state index < -0.39 is 5.97 Å². The zero-order chi connectivity index (χ0) is 38.8. The zero-order valence-corrected chi connectivity index (χ0v) is 32.4. The zero-order valence-electron chi connectivity index (χ0n) is 30.8. The molecule has 0 spiro atoms. The summed E-state index contributed by atoms with van der Waals surface area (Å²) in [6.45, 7) is 9.94. The summed E-state index contributed by atoms with van der Waals surface area (Å²) in [5.74, 6) is 0.795. The number of carboxylic acid groups (broad SMARTS) is 1. The van der Waals surface area contributed by atoms with Crippen LogP contribution < -0.4 is 14.2 Å². The molecule has 2 aliphatic rings. The maximum Gasteiger partial charge on any atom is 0.341 e. The Bertz CT molecular complexity index is 1860. The fraction of sp³-hybridized carbons (Fsp3) is 0.381. The van der Waals surface area contributed by atoms with Crippen LogP contribution in [0.5, 0.6) is 23.0 Å². The topological polar surface area (TPSA) is 112 Å². The van der Waals surface area contributed by atoms with Crippen LogP contribution in [0.3, 0.4) is 0 Å².